The van der Waals surface area contributed by atoms with Crippen molar-refractivity contribution in [1.82, 2.24) is 0 Å². The molecule has 1 atom stereocenters. The molecule has 6 heteroatoms. The molecule has 1 unspecified atom stereocenters. The summed E-state index contributed by atoms with van der Waals surface area (Å²) in [6.45, 7) is 0.323. The van der Waals surface area contributed by atoms with E-state index in [9.17, 15) is 9.59 Å². The first kappa shape index (κ1) is 23.7. The number of carboxylic acids is 1. The number of carbonyl (C=O) groups excluding carboxylic acids is 1. The Bertz CT molecular complexity index is 548. The Morgan fingerprint density at radius 2 is 1.46 bits per heavy atom. The third-order valence-corrected chi connectivity index (χ3v) is 5.92. The van der Waals surface area contributed by atoms with Crippen molar-refractivity contribution in [3.63, 3.8) is 0 Å². The molecule has 4 nitrogen and oxygen atoms in total. The molecule has 146 valence electrons. The zero-order chi connectivity index (χ0) is 19.2. The second-order valence-corrected chi connectivity index (χ2v) is 9.19. The molecule has 0 heterocycles. The summed E-state index contributed by atoms with van der Waals surface area (Å²) < 4.78 is 6.83. The van der Waals surface area contributed by atoms with Crippen LogP contribution in [0.5, 0.6) is 0 Å². The Balaban J connectivity index is 2.16. The number of hydrogen-bond donors (Lipinski definition) is 1. The molecule has 1 aromatic carbocycles. The maximum absolute atomic E-state index is 12.1. The summed E-state index contributed by atoms with van der Waals surface area (Å²) in [7, 11) is 0. The van der Waals surface area contributed by atoms with Gasteiger partial charge in [-0.05, 0) is 29.4 Å². The number of carboxylic acid groups (broad SMARTS) is 1. The summed E-state index contributed by atoms with van der Waals surface area (Å²) in [5, 5.41) is 9.13. The summed E-state index contributed by atoms with van der Waals surface area (Å²) in [5.41, 5.74) is 0.104. The van der Waals surface area contributed by atoms with E-state index in [1.807, 2.05) is 0 Å². The van der Waals surface area contributed by atoms with Gasteiger partial charge in [-0.3, -0.25) is 0 Å². The molecule has 0 bridgehead atoms. The van der Waals surface area contributed by atoms with Gasteiger partial charge in [-0.15, -0.1) is 0 Å². The minimum Gasteiger partial charge on any atom is -0.478 e. The Morgan fingerprint density at radius 3 is 2.04 bits per heavy atom. The Labute approximate surface area is 183 Å². The predicted octanol–water partition coefficient (Wildman–Crippen LogP) is 6.29. The average Bonchev–Trinajstić information content (AvgIpc) is 2.64. The van der Waals surface area contributed by atoms with Gasteiger partial charge in [0.2, 0.25) is 0 Å². The van der Waals surface area contributed by atoms with Gasteiger partial charge in [0.25, 0.3) is 0 Å². The average molecular weight is 586 g/mol. The molecule has 1 aromatic rings. The van der Waals surface area contributed by atoms with Crippen LogP contribution in [0.25, 0.3) is 0 Å². The highest BCUT2D eigenvalue weighted by atomic mass is 127. The summed E-state index contributed by atoms with van der Waals surface area (Å²) in [4.78, 5) is 23.3. The van der Waals surface area contributed by atoms with Gasteiger partial charge < -0.3 is 9.84 Å². The lowest BCUT2D eigenvalue weighted by Crippen LogP contribution is -2.16. The van der Waals surface area contributed by atoms with Crippen LogP contribution >= 0.6 is 45.2 Å². The van der Waals surface area contributed by atoms with Gasteiger partial charge >= 0.3 is 11.9 Å². The fourth-order valence-electron chi connectivity index (χ4n) is 2.70. The van der Waals surface area contributed by atoms with Crippen molar-refractivity contribution in [3.05, 3.63) is 35.4 Å². The molecule has 0 saturated carbocycles. The number of benzene rings is 1. The first-order valence-corrected chi connectivity index (χ1v) is 12.0. The van der Waals surface area contributed by atoms with E-state index in [1.54, 1.807) is 12.1 Å². The topological polar surface area (TPSA) is 63.6 Å². The Kier molecular flexibility index (Phi) is 13.3. The van der Waals surface area contributed by atoms with E-state index in [1.165, 1.54) is 61.5 Å². The van der Waals surface area contributed by atoms with E-state index in [2.05, 4.69) is 45.2 Å². The minimum atomic E-state index is -1.11. The number of carbonyl (C=O) groups is 2. The van der Waals surface area contributed by atoms with Crippen molar-refractivity contribution in [2.45, 2.75) is 61.7 Å². The van der Waals surface area contributed by atoms with Crippen molar-refractivity contribution in [2.75, 3.05) is 11.0 Å². The molecule has 0 saturated heterocycles. The number of hydrogen-bond acceptors (Lipinski definition) is 3. The highest BCUT2D eigenvalue weighted by Gasteiger charge is 2.18. The zero-order valence-electron chi connectivity index (χ0n) is 15.1. The fourth-order valence-corrected chi connectivity index (χ4v) is 3.86. The minimum absolute atomic E-state index is 0.0130. The number of alkyl halides is 2. The highest BCUT2D eigenvalue weighted by Crippen LogP contribution is 2.16. The van der Waals surface area contributed by atoms with Crippen molar-refractivity contribution in [2.24, 2.45) is 0 Å². The summed E-state index contributed by atoms with van der Waals surface area (Å²) in [5.74, 6) is -1.67. The Morgan fingerprint density at radius 1 is 0.923 bits per heavy atom. The summed E-state index contributed by atoms with van der Waals surface area (Å²) >= 11 is 4.74. The lowest BCUT2D eigenvalue weighted by Gasteiger charge is -2.11. The van der Waals surface area contributed by atoms with E-state index >= 15 is 0 Å². The molecule has 0 aromatic heterocycles. The van der Waals surface area contributed by atoms with Crippen LogP contribution in [-0.2, 0) is 4.74 Å². The maximum atomic E-state index is 12.1. The van der Waals surface area contributed by atoms with Gasteiger partial charge in [-0.1, -0.05) is 102 Å². The van der Waals surface area contributed by atoms with E-state index < -0.39 is 11.9 Å². The Hall–Kier alpha value is -0.380. The van der Waals surface area contributed by atoms with Crippen LogP contribution in [0.4, 0.5) is 0 Å². The molecule has 0 radical (unpaired) electrons. The van der Waals surface area contributed by atoms with Crippen molar-refractivity contribution in [1.29, 1.82) is 0 Å². The van der Waals surface area contributed by atoms with Crippen molar-refractivity contribution in [3.8, 4) is 0 Å². The van der Waals surface area contributed by atoms with Crippen LogP contribution in [0.1, 0.15) is 78.5 Å². The molecular formula is C20H28I2O4. The van der Waals surface area contributed by atoms with Gasteiger partial charge in [0.1, 0.15) is 6.61 Å². The molecule has 26 heavy (non-hydrogen) atoms. The van der Waals surface area contributed by atoms with Crippen molar-refractivity contribution < 1.29 is 19.4 Å². The number of halogens is 2. The first-order chi connectivity index (χ1) is 12.6. The van der Waals surface area contributed by atoms with Gasteiger partial charge in [0.05, 0.1) is 11.1 Å². The van der Waals surface area contributed by atoms with Crippen LogP contribution in [0, 0.1) is 0 Å². The smallest absolute Gasteiger partial charge is 0.339 e. The second kappa shape index (κ2) is 14.6. The number of esters is 1. The highest BCUT2D eigenvalue weighted by molar-refractivity contribution is 14.1. The molecule has 0 aliphatic carbocycles. The molecule has 0 aliphatic heterocycles. The summed E-state index contributed by atoms with van der Waals surface area (Å²) in [6, 6.07) is 6.16. The molecule has 0 fully saturated rings. The maximum Gasteiger partial charge on any atom is 0.339 e. The van der Waals surface area contributed by atoms with E-state index in [0.29, 0.717) is 6.61 Å². The largest absolute Gasteiger partial charge is 0.478 e. The second-order valence-electron chi connectivity index (χ2n) is 6.35. The molecule has 0 aliphatic rings. The third-order valence-electron chi connectivity index (χ3n) is 4.17. The van der Waals surface area contributed by atoms with Gasteiger partial charge in [-0.25, -0.2) is 9.59 Å². The summed E-state index contributed by atoms with van der Waals surface area (Å²) in [6.07, 6.45) is 11.4. The van der Waals surface area contributed by atoms with Crippen LogP contribution < -0.4 is 0 Å². The lowest BCUT2D eigenvalue weighted by atomic mass is 10.1. The van der Waals surface area contributed by atoms with Crippen LogP contribution in [0.2, 0.25) is 0 Å². The van der Waals surface area contributed by atoms with Crippen LogP contribution in [0.3, 0.4) is 0 Å². The SMILES string of the molecule is O=C(O)c1ccccc1C(=O)OCC(I)CCCCCCCCCCI. The monoisotopic (exact) mass is 586 g/mol. The number of aromatic carboxylic acids is 1. The number of ether oxygens (including phenoxy) is 1. The van der Waals surface area contributed by atoms with Gasteiger partial charge in [-0.2, -0.15) is 0 Å². The van der Waals surface area contributed by atoms with E-state index in [4.69, 9.17) is 9.84 Å². The number of unbranched alkanes of at least 4 members (excludes halogenated alkanes) is 7. The quantitative estimate of drug-likeness (QED) is 0.121. The predicted molar refractivity (Wildman–Crippen MR) is 122 cm³/mol. The standard InChI is InChI=1S/C20H28I2O4/c21-14-10-6-4-2-1-3-5-7-11-16(22)15-26-20(25)18-13-9-8-12-17(18)19(23)24/h8-9,12-13,16H,1-7,10-11,14-15H2,(H,23,24). The van der Waals surface area contributed by atoms with E-state index in [-0.39, 0.29) is 15.1 Å². The molecule has 0 amide bonds. The first-order valence-electron chi connectivity index (χ1n) is 9.25. The van der Waals surface area contributed by atoms with Crippen molar-refractivity contribution >= 4 is 57.1 Å². The van der Waals surface area contributed by atoms with Crippen LogP contribution in [0.15, 0.2) is 24.3 Å². The fraction of sp³-hybridized carbons (Fsp3) is 0.600. The molecule has 1 N–H and O–H groups in total. The molecule has 0 spiro atoms. The molecular weight excluding hydrogens is 558 g/mol. The number of rotatable bonds is 14. The third kappa shape index (κ3) is 10.1. The molecule has 1 rings (SSSR count). The lowest BCUT2D eigenvalue weighted by molar-refractivity contribution is 0.0497. The normalized spacial score (nSPS) is 11.9. The van der Waals surface area contributed by atoms with Crippen LogP contribution in [-0.4, -0.2) is 32.0 Å². The van der Waals surface area contributed by atoms with Gasteiger partial charge in [0, 0.05) is 3.92 Å². The van der Waals surface area contributed by atoms with E-state index in [0.717, 1.165) is 12.8 Å². The van der Waals surface area contributed by atoms with Gasteiger partial charge in [0.15, 0.2) is 0 Å². The zero-order valence-corrected chi connectivity index (χ0v) is 19.4.